The minimum absolute atomic E-state index is 0.202. The molecule has 6 atom stereocenters. The van der Waals surface area contributed by atoms with Gasteiger partial charge in [0.05, 0.1) is 6.61 Å². The van der Waals surface area contributed by atoms with Crippen LogP contribution in [0.4, 0.5) is 0 Å². The van der Waals surface area contributed by atoms with Crippen molar-refractivity contribution in [3.63, 3.8) is 0 Å². The third kappa shape index (κ3) is 2.33. The smallest absolute Gasteiger partial charge is 0.123 e. The lowest BCUT2D eigenvalue weighted by molar-refractivity contribution is 0.127. The van der Waals surface area contributed by atoms with Gasteiger partial charge in [-0.2, -0.15) is 0 Å². The van der Waals surface area contributed by atoms with Crippen molar-refractivity contribution in [1.29, 1.82) is 0 Å². The molecule has 3 aliphatic carbocycles. The quantitative estimate of drug-likeness (QED) is 0.724. The zero-order chi connectivity index (χ0) is 16.3. The molecule has 1 saturated heterocycles. The summed E-state index contributed by atoms with van der Waals surface area (Å²) >= 11 is 0. The number of hydrogen-bond donors (Lipinski definition) is 0. The van der Waals surface area contributed by atoms with Crippen LogP contribution < -0.4 is 4.74 Å². The Balaban J connectivity index is 1.41. The average Bonchev–Trinajstić information content (AvgIpc) is 3.00. The summed E-state index contributed by atoms with van der Waals surface area (Å²) < 4.78 is 11.5. The third-order valence-electron chi connectivity index (χ3n) is 7.76. The second kappa shape index (κ2) is 5.49. The average molecular weight is 326 g/mol. The summed E-state index contributed by atoms with van der Waals surface area (Å²) in [6, 6.07) is 8.76. The van der Waals surface area contributed by atoms with E-state index in [1.54, 1.807) is 0 Å². The van der Waals surface area contributed by atoms with Crippen LogP contribution in [0.5, 0.6) is 5.75 Å². The van der Waals surface area contributed by atoms with Crippen LogP contribution in [0.25, 0.3) is 0 Å². The van der Waals surface area contributed by atoms with Crippen LogP contribution in [0.3, 0.4) is 0 Å². The second-order valence-electron chi connectivity index (χ2n) is 9.24. The fourth-order valence-corrected chi connectivity index (χ4v) is 6.57. The van der Waals surface area contributed by atoms with Gasteiger partial charge in [-0.1, -0.05) is 38.5 Å². The number of fused-ring (bicyclic) bond motifs is 5. The predicted molar refractivity (Wildman–Crippen MR) is 95.2 cm³/mol. The van der Waals surface area contributed by atoms with E-state index in [4.69, 9.17) is 9.47 Å². The lowest BCUT2D eigenvalue weighted by Crippen LogP contribution is -2.37. The van der Waals surface area contributed by atoms with Crippen LogP contribution in [0.1, 0.15) is 51.5 Å². The zero-order valence-electron chi connectivity index (χ0n) is 15.0. The first-order valence-corrected chi connectivity index (χ1v) is 9.98. The predicted octanol–water partition coefficient (Wildman–Crippen LogP) is 4.81. The van der Waals surface area contributed by atoms with Gasteiger partial charge in [0.2, 0.25) is 0 Å². The number of rotatable bonds is 5. The van der Waals surface area contributed by atoms with Crippen LogP contribution >= 0.6 is 0 Å². The fourth-order valence-electron chi connectivity index (χ4n) is 6.57. The standard InChI is InChI=1S/C22H30O2/c1-22(2,19-8-3-4-9-21(19)24-13-15-12-23-15)20-11-14-10-18(20)17-7-5-6-16(14)17/h3-4,8-9,14-18,20H,5-7,10-13H2,1-2H3. The molecule has 2 nitrogen and oxygen atoms in total. The van der Waals surface area contributed by atoms with E-state index < -0.39 is 0 Å². The van der Waals surface area contributed by atoms with Gasteiger partial charge in [0, 0.05) is 5.56 Å². The van der Waals surface area contributed by atoms with Crippen LogP contribution in [0.2, 0.25) is 0 Å². The molecule has 2 bridgehead atoms. The van der Waals surface area contributed by atoms with Gasteiger partial charge in [0.1, 0.15) is 18.5 Å². The summed E-state index contributed by atoms with van der Waals surface area (Å²) in [5.74, 6) is 5.98. The van der Waals surface area contributed by atoms with E-state index >= 15 is 0 Å². The minimum Gasteiger partial charge on any atom is -0.490 e. The largest absolute Gasteiger partial charge is 0.490 e. The van der Waals surface area contributed by atoms with Crippen LogP contribution in [-0.2, 0) is 10.2 Å². The van der Waals surface area contributed by atoms with E-state index in [0.717, 1.165) is 41.9 Å². The molecular formula is C22H30O2. The SMILES string of the molecule is CC(C)(c1ccccc1OCC1CO1)C1CC2CC1C1CCCC21. The molecule has 2 heteroatoms. The van der Waals surface area contributed by atoms with Gasteiger partial charge in [-0.25, -0.2) is 0 Å². The van der Waals surface area contributed by atoms with Crippen LogP contribution in [-0.4, -0.2) is 19.3 Å². The molecule has 0 spiro atoms. The molecule has 130 valence electrons. The lowest BCUT2D eigenvalue weighted by atomic mass is 9.62. The maximum Gasteiger partial charge on any atom is 0.123 e. The highest BCUT2D eigenvalue weighted by atomic mass is 16.6. The van der Waals surface area contributed by atoms with Crippen molar-refractivity contribution in [3.8, 4) is 5.75 Å². The molecule has 24 heavy (non-hydrogen) atoms. The summed E-state index contributed by atoms with van der Waals surface area (Å²) in [6.45, 7) is 6.51. The Hall–Kier alpha value is -1.02. The summed E-state index contributed by atoms with van der Waals surface area (Å²) in [5, 5.41) is 0. The molecule has 4 aliphatic rings. The van der Waals surface area contributed by atoms with Crippen LogP contribution in [0.15, 0.2) is 24.3 Å². The molecule has 1 aromatic rings. The van der Waals surface area contributed by atoms with E-state index in [0.29, 0.717) is 12.7 Å². The maximum atomic E-state index is 6.15. The third-order valence-corrected chi connectivity index (χ3v) is 7.76. The number of hydrogen-bond acceptors (Lipinski definition) is 2. The Morgan fingerprint density at radius 2 is 1.88 bits per heavy atom. The molecule has 4 fully saturated rings. The molecule has 0 aromatic heterocycles. The summed E-state index contributed by atoms with van der Waals surface area (Å²) in [4.78, 5) is 0. The number of benzene rings is 1. The van der Waals surface area contributed by atoms with Gasteiger partial charge in [-0.15, -0.1) is 0 Å². The molecule has 1 aliphatic heterocycles. The highest BCUT2D eigenvalue weighted by Crippen LogP contribution is 2.64. The Bertz CT molecular complexity index is 618. The summed E-state index contributed by atoms with van der Waals surface area (Å²) in [7, 11) is 0. The first-order chi connectivity index (χ1) is 11.6. The highest BCUT2D eigenvalue weighted by Gasteiger charge is 2.57. The van der Waals surface area contributed by atoms with Gasteiger partial charge in [-0.3, -0.25) is 0 Å². The van der Waals surface area contributed by atoms with Gasteiger partial charge in [0.15, 0.2) is 0 Å². The molecule has 3 saturated carbocycles. The Morgan fingerprint density at radius 3 is 2.71 bits per heavy atom. The maximum absolute atomic E-state index is 6.15. The molecule has 0 N–H and O–H groups in total. The van der Waals surface area contributed by atoms with Gasteiger partial charge < -0.3 is 9.47 Å². The van der Waals surface area contributed by atoms with Crippen molar-refractivity contribution in [2.45, 2.75) is 57.5 Å². The van der Waals surface area contributed by atoms with E-state index in [-0.39, 0.29) is 5.41 Å². The fraction of sp³-hybridized carbons (Fsp3) is 0.727. The Morgan fingerprint density at radius 1 is 1.08 bits per heavy atom. The summed E-state index contributed by atoms with van der Waals surface area (Å²) in [6.07, 6.45) is 7.76. The molecular weight excluding hydrogens is 296 g/mol. The van der Waals surface area contributed by atoms with E-state index in [2.05, 4.69) is 38.1 Å². The van der Waals surface area contributed by atoms with Crippen LogP contribution in [0, 0.1) is 29.6 Å². The van der Waals surface area contributed by atoms with Crippen molar-refractivity contribution >= 4 is 0 Å². The Kier molecular flexibility index (Phi) is 3.49. The number of para-hydroxylation sites is 1. The van der Waals surface area contributed by atoms with E-state index in [9.17, 15) is 0 Å². The van der Waals surface area contributed by atoms with Crippen molar-refractivity contribution in [2.24, 2.45) is 29.6 Å². The molecule has 1 heterocycles. The molecule has 0 radical (unpaired) electrons. The first-order valence-electron chi connectivity index (χ1n) is 9.98. The van der Waals surface area contributed by atoms with Crippen molar-refractivity contribution < 1.29 is 9.47 Å². The molecule has 0 amide bonds. The second-order valence-corrected chi connectivity index (χ2v) is 9.24. The summed E-state index contributed by atoms with van der Waals surface area (Å²) in [5.41, 5.74) is 1.62. The van der Waals surface area contributed by atoms with Crippen molar-refractivity contribution in [1.82, 2.24) is 0 Å². The highest BCUT2D eigenvalue weighted by molar-refractivity contribution is 5.40. The van der Waals surface area contributed by atoms with Gasteiger partial charge in [-0.05, 0) is 66.8 Å². The van der Waals surface area contributed by atoms with E-state index in [1.165, 1.54) is 37.7 Å². The molecule has 5 rings (SSSR count). The molecule has 6 unspecified atom stereocenters. The first kappa shape index (κ1) is 15.3. The van der Waals surface area contributed by atoms with Gasteiger partial charge in [0.25, 0.3) is 0 Å². The van der Waals surface area contributed by atoms with Gasteiger partial charge >= 0.3 is 0 Å². The Labute approximate surface area is 145 Å². The van der Waals surface area contributed by atoms with E-state index in [1.807, 2.05) is 0 Å². The molecule has 1 aromatic carbocycles. The number of ether oxygens (including phenoxy) is 2. The van der Waals surface area contributed by atoms with Crippen molar-refractivity contribution in [3.05, 3.63) is 29.8 Å². The number of epoxide rings is 1. The van der Waals surface area contributed by atoms with Crippen molar-refractivity contribution in [2.75, 3.05) is 13.2 Å². The zero-order valence-corrected chi connectivity index (χ0v) is 15.0. The monoisotopic (exact) mass is 326 g/mol. The lowest BCUT2D eigenvalue weighted by Gasteiger charge is -2.42. The normalized spacial score (nSPS) is 39.9. The minimum atomic E-state index is 0.202. The topological polar surface area (TPSA) is 21.8 Å².